The molecule has 0 radical (unpaired) electrons. The van der Waals surface area contributed by atoms with Crippen LogP contribution in [0, 0.1) is 27.2 Å². The first-order valence-electron chi connectivity index (χ1n) is 8.50. The molecule has 2 unspecified atom stereocenters. The Kier molecular flexibility index (Phi) is 8.59. The van der Waals surface area contributed by atoms with Crippen molar-refractivity contribution in [1.29, 1.82) is 0 Å². The first-order chi connectivity index (χ1) is 13.8. The lowest BCUT2D eigenvalue weighted by molar-refractivity contribution is -0.384. The van der Waals surface area contributed by atoms with E-state index in [0.29, 0.717) is 5.69 Å². The van der Waals surface area contributed by atoms with Crippen molar-refractivity contribution in [1.82, 2.24) is 0 Å². The van der Waals surface area contributed by atoms with Crippen LogP contribution in [0.25, 0.3) is 0 Å². The summed E-state index contributed by atoms with van der Waals surface area (Å²) in [5.74, 6) is 0. The maximum absolute atomic E-state index is 10.6. The number of nitrogens with two attached hydrogens (primary N) is 2. The molecule has 0 aliphatic carbocycles. The number of aliphatic hydroxyl groups excluding tert-OH is 2. The molecule has 13 heteroatoms. The van der Waals surface area contributed by atoms with Crippen LogP contribution in [0.2, 0.25) is 5.02 Å². The summed E-state index contributed by atoms with van der Waals surface area (Å²) in [5.41, 5.74) is 12.1. The first-order valence-corrected chi connectivity index (χ1v) is 8.88. The first kappa shape index (κ1) is 24.7. The Labute approximate surface area is 176 Å². The van der Waals surface area contributed by atoms with Crippen LogP contribution in [-0.4, -0.2) is 32.5 Å². The van der Waals surface area contributed by atoms with Crippen LogP contribution in [0.15, 0.2) is 24.3 Å². The summed E-state index contributed by atoms with van der Waals surface area (Å²) in [7, 11) is 0. The standard InChI is InChI=1S/C9H13N3O3.C8H10ClN3O3/c1-5-3-7(10)9(12(14)15)4-8(5)11-6(2)13;1-4(13)11-7-3-8(12(14)15)6(10)2-5(7)9/h3-4,6,11,13H,10H2,1-2H3;2-4,11,13H,10H2,1H3. The molecule has 0 amide bonds. The number of benzene rings is 2. The molecule has 2 aromatic rings. The third kappa shape index (κ3) is 6.92. The Morgan fingerprint density at radius 2 is 1.30 bits per heavy atom. The van der Waals surface area contributed by atoms with E-state index in [0.717, 1.165) is 5.56 Å². The topological polar surface area (TPSA) is 203 Å². The highest BCUT2D eigenvalue weighted by Gasteiger charge is 2.16. The van der Waals surface area contributed by atoms with E-state index in [1.165, 1.54) is 38.1 Å². The van der Waals surface area contributed by atoms with Crippen LogP contribution in [0.4, 0.5) is 34.1 Å². The van der Waals surface area contributed by atoms with Crippen molar-refractivity contribution in [2.75, 3.05) is 22.1 Å². The molecule has 2 rings (SSSR count). The van der Waals surface area contributed by atoms with Crippen molar-refractivity contribution in [3.63, 3.8) is 0 Å². The second kappa shape index (κ2) is 10.4. The minimum absolute atomic E-state index is 0.0128. The van der Waals surface area contributed by atoms with E-state index in [1.807, 2.05) is 0 Å². The van der Waals surface area contributed by atoms with E-state index in [1.54, 1.807) is 6.92 Å². The van der Waals surface area contributed by atoms with Crippen molar-refractivity contribution < 1.29 is 20.1 Å². The maximum Gasteiger partial charge on any atom is 0.294 e. The SMILES string of the molecule is CC(O)Nc1cc([N+](=O)[O-])c(N)cc1Cl.Cc1cc(N)c([N+](=O)[O-])cc1NC(C)O. The Hall–Kier alpha value is -3.35. The zero-order valence-corrected chi connectivity index (χ0v) is 17.2. The van der Waals surface area contributed by atoms with Crippen LogP contribution < -0.4 is 22.1 Å². The number of nitrogen functional groups attached to an aromatic ring is 2. The number of aliphatic hydroxyl groups is 2. The highest BCUT2D eigenvalue weighted by Crippen LogP contribution is 2.32. The molecule has 0 saturated heterocycles. The van der Waals surface area contributed by atoms with Gasteiger partial charge in [-0.1, -0.05) is 11.6 Å². The lowest BCUT2D eigenvalue weighted by Crippen LogP contribution is -2.14. The number of nitro benzene ring substituents is 2. The van der Waals surface area contributed by atoms with Crippen molar-refractivity contribution in [2.24, 2.45) is 0 Å². The van der Waals surface area contributed by atoms with E-state index < -0.39 is 22.3 Å². The van der Waals surface area contributed by atoms with E-state index in [4.69, 9.17) is 33.3 Å². The third-order valence-corrected chi connectivity index (χ3v) is 3.92. The number of nitro groups is 2. The summed E-state index contributed by atoms with van der Waals surface area (Å²) in [4.78, 5) is 20.0. The van der Waals surface area contributed by atoms with Gasteiger partial charge in [-0.05, 0) is 38.5 Å². The number of nitrogens with zero attached hydrogens (tertiary/aromatic N) is 2. The number of rotatable bonds is 6. The van der Waals surface area contributed by atoms with Gasteiger partial charge in [0, 0.05) is 17.8 Å². The molecular weight excluding hydrogens is 420 g/mol. The quantitative estimate of drug-likeness (QED) is 0.167. The molecule has 8 N–H and O–H groups in total. The fraction of sp³-hybridized carbons (Fsp3) is 0.294. The molecule has 0 aliphatic rings. The second-order valence-corrected chi connectivity index (χ2v) is 6.68. The Morgan fingerprint density at radius 3 is 1.73 bits per heavy atom. The van der Waals surface area contributed by atoms with E-state index in [-0.39, 0.29) is 33.5 Å². The summed E-state index contributed by atoms with van der Waals surface area (Å²) in [5, 5.41) is 44.8. The number of hydrogen-bond donors (Lipinski definition) is 6. The Balaban J connectivity index is 0.000000300. The summed E-state index contributed by atoms with van der Waals surface area (Å²) in [6, 6.07) is 5.27. The molecule has 0 fully saturated rings. The van der Waals surface area contributed by atoms with Gasteiger partial charge in [0.25, 0.3) is 11.4 Å². The van der Waals surface area contributed by atoms with Gasteiger partial charge in [0.2, 0.25) is 0 Å². The third-order valence-electron chi connectivity index (χ3n) is 3.61. The smallest absolute Gasteiger partial charge is 0.294 e. The van der Waals surface area contributed by atoms with Crippen LogP contribution >= 0.6 is 11.6 Å². The summed E-state index contributed by atoms with van der Waals surface area (Å²) >= 11 is 5.77. The van der Waals surface area contributed by atoms with Gasteiger partial charge in [0.15, 0.2) is 0 Å². The summed E-state index contributed by atoms with van der Waals surface area (Å²) < 4.78 is 0. The fourth-order valence-corrected chi connectivity index (χ4v) is 2.56. The molecule has 2 aromatic carbocycles. The Bertz CT molecular complexity index is 862. The minimum atomic E-state index is -0.856. The average molecular weight is 443 g/mol. The van der Waals surface area contributed by atoms with Gasteiger partial charge in [-0.2, -0.15) is 0 Å². The van der Waals surface area contributed by atoms with Crippen molar-refractivity contribution in [3.8, 4) is 0 Å². The molecule has 12 nitrogen and oxygen atoms in total. The summed E-state index contributed by atoms with van der Waals surface area (Å²) in [6.07, 6.45) is -1.63. The maximum atomic E-state index is 10.6. The normalized spacial score (nSPS) is 12.2. The zero-order chi connectivity index (χ0) is 23.2. The van der Waals surface area contributed by atoms with Gasteiger partial charge < -0.3 is 32.3 Å². The molecule has 0 bridgehead atoms. The van der Waals surface area contributed by atoms with Crippen molar-refractivity contribution in [3.05, 3.63) is 55.1 Å². The van der Waals surface area contributed by atoms with Crippen LogP contribution in [0.3, 0.4) is 0 Å². The fourth-order valence-electron chi connectivity index (χ4n) is 2.33. The van der Waals surface area contributed by atoms with Gasteiger partial charge in [-0.15, -0.1) is 0 Å². The Morgan fingerprint density at radius 1 is 0.900 bits per heavy atom. The van der Waals surface area contributed by atoms with E-state index in [2.05, 4.69) is 10.6 Å². The van der Waals surface area contributed by atoms with Gasteiger partial charge in [-0.25, -0.2) is 0 Å². The molecule has 0 heterocycles. The van der Waals surface area contributed by atoms with Crippen molar-refractivity contribution >= 4 is 45.7 Å². The van der Waals surface area contributed by atoms with Gasteiger partial charge in [-0.3, -0.25) is 20.2 Å². The average Bonchev–Trinajstić information content (AvgIpc) is 2.59. The number of hydrogen-bond acceptors (Lipinski definition) is 10. The van der Waals surface area contributed by atoms with Crippen LogP contribution in [-0.2, 0) is 0 Å². The van der Waals surface area contributed by atoms with Crippen molar-refractivity contribution in [2.45, 2.75) is 33.2 Å². The number of anilines is 4. The highest BCUT2D eigenvalue weighted by molar-refractivity contribution is 6.33. The monoisotopic (exact) mass is 442 g/mol. The van der Waals surface area contributed by atoms with Gasteiger partial charge in [0.1, 0.15) is 23.8 Å². The molecule has 164 valence electrons. The molecule has 0 saturated carbocycles. The second-order valence-electron chi connectivity index (χ2n) is 6.27. The summed E-state index contributed by atoms with van der Waals surface area (Å²) in [6.45, 7) is 4.75. The lowest BCUT2D eigenvalue weighted by atomic mass is 10.1. The van der Waals surface area contributed by atoms with Crippen LogP contribution in [0.1, 0.15) is 19.4 Å². The predicted molar refractivity (Wildman–Crippen MR) is 115 cm³/mol. The molecule has 30 heavy (non-hydrogen) atoms. The largest absolute Gasteiger partial charge is 0.393 e. The zero-order valence-electron chi connectivity index (χ0n) is 16.4. The van der Waals surface area contributed by atoms with E-state index >= 15 is 0 Å². The molecule has 0 aliphatic heterocycles. The molecular formula is C17H23ClN6O6. The van der Waals surface area contributed by atoms with Crippen LogP contribution in [0.5, 0.6) is 0 Å². The van der Waals surface area contributed by atoms with E-state index in [9.17, 15) is 20.2 Å². The number of nitrogens with one attached hydrogen (secondary N) is 2. The highest BCUT2D eigenvalue weighted by atomic mass is 35.5. The minimum Gasteiger partial charge on any atom is -0.393 e. The molecule has 0 spiro atoms. The predicted octanol–water partition coefficient (Wildman–Crippen LogP) is 2.82. The lowest BCUT2D eigenvalue weighted by Gasteiger charge is -2.12. The van der Waals surface area contributed by atoms with Gasteiger partial charge >= 0.3 is 0 Å². The molecule has 0 aromatic heterocycles. The molecule has 2 atom stereocenters. The number of halogens is 1. The van der Waals surface area contributed by atoms with Gasteiger partial charge in [0.05, 0.1) is 20.6 Å². The number of aryl methyl sites for hydroxylation is 1.